The highest BCUT2D eigenvalue weighted by atomic mass is 16.7. The molecule has 2 rings (SSSR count). The van der Waals surface area contributed by atoms with Crippen molar-refractivity contribution in [3.63, 3.8) is 0 Å². The number of rotatable bonds is 3. The molecule has 0 spiro atoms. The number of pyridine rings is 1. The van der Waals surface area contributed by atoms with E-state index in [4.69, 9.17) is 9.47 Å². The van der Waals surface area contributed by atoms with Gasteiger partial charge in [-0.1, -0.05) is 0 Å². The largest absolute Gasteiger partial charge is 0.349 e. The van der Waals surface area contributed by atoms with Crippen LogP contribution in [0.4, 0.5) is 0 Å². The Morgan fingerprint density at radius 2 is 2.12 bits per heavy atom. The van der Waals surface area contributed by atoms with Crippen molar-refractivity contribution < 1.29 is 9.47 Å². The molecule has 1 N–H and O–H groups in total. The van der Waals surface area contributed by atoms with Gasteiger partial charge in [-0.15, -0.1) is 0 Å². The summed E-state index contributed by atoms with van der Waals surface area (Å²) in [5.74, 6) is -0.442. The number of hydrogen-bond donors (Lipinski definition) is 1. The predicted molar refractivity (Wildman–Crippen MR) is 65.6 cm³/mol. The van der Waals surface area contributed by atoms with Crippen LogP contribution in [-0.2, 0) is 16.0 Å². The molecule has 1 aliphatic rings. The molecule has 1 fully saturated rings. The first-order valence-electron chi connectivity index (χ1n) is 5.97. The summed E-state index contributed by atoms with van der Waals surface area (Å²) in [4.78, 5) is 4.13. The maximum absolute atomic E-state index is 5.60. The maximum Gasteiger partial charge on any atom is 0.162 e. The summed E-state index contributed by atoms with van der Waals surface area (Å²) in [6.07, 6.45) is 3.71. The van der Waals surface area contributed by atoms with Crippen LogP contribution in [-0.4, -0.2) is 30.0 Å². The van der Waals surface area contributed by atoms with Gasteiger partial charge in [-0.05, 0) is 38.0 Å². The van der Waals surface area contributed by atoms with Gasteiger partial charge in [0.05, 0.1) is 19.3 Å². The second kappa shape index (κ2) is 5.12. The van der Waals surface area contributed by atoms with Gasteiger partial charge < -0.3 is 14.8 Å². The van der Waals surface area contributed by atoms with Crippen LogP contribution >= 0.6 is 0 Å². The van der Waals surface area contributed by atoms with Crippen LogP contribution in [0.15, 0.2) is 18.5 Å². The SMILES string of the molecule is Cc1ccncc1CNC1COC(C)(C)OC1. The molecule has 0 unspecified atom stereocenters. The molecule has 0 aliphatic carbocycles. The first-order valence-corrected chi connectivity index (χ1v) is 5.97. The molecule has 0 bridgehead atoms. The normalized spacial score (nSPS) is 20.4. The first-order chi connectivity index (χ1) is 8.07. The molecular weight excluding hydrogens is 216 g/mol. The number of hydrogen-bond acceptors (Lipinski definition) is 4. The Kier molecular flexibility index (Phi) is 3.76. The summed E-state index contributed by atoms with van der Waals surface area (Å²) in [5.41, 5.74) is 2.47. The zero-order valence-corrected chi connectivity index (χ0v) is 10.7. The number of ether oxygens (including phenoxy) is 2. The minimum atomic E-state index is -0.442. The predicted octanol–water partition coefficient (Wildman–Crippen LogP) is 1.63. The average molecular weight is 236 g/mol. The number of aryl methyl sites for hydroxylation is 1. The van der Waals surface area contributed by atoms with E-state index >= 15 is 0 Å². The van der Waals surface area contributed by atoms with Crippen molar-refractivity contribution in [3.05, 3.63) is 29.6 Å². The molecule has 1 aliphatic heterocycles. The average Bonchev–Trinajstić information content (AvgIpc) is 2.30. The van der Waals surface area contributed by atoms with Crippen molar-refractivity contribution in [1.82, 2.24) is 10.3 Å². The van der Waals surface area contributed by atoms with Gasteiger partial charge in [0.1, 0.15) is 0 Å². The first kappa shape index (κ1) is 12.5. The summed E-state index contributed by atoms with van der Waals surface area (Å²) in [5, 5.41) is 3.43. The Hall–Kier alpha value is -0.970. The van der Waals surface area contributed by atoms with Crippen LogP contribution < -0.4 is 5.32 Å². The fraction of sp³-hybridized carbons (Fsp3) is 0.615. The van der Waals surface area contributed by atoms with E-state index in [1.54, 1.807) is 0 Å². The van der Waals surface area contributed by atoms with E-state index in [0.717, 1.165) is 6.54 Å². The summed E-state index contributed by atoms with van der Waals surface area (Å²) in [6, 6.07) is 2.27. The molecule has 94 valence electrons. The third-order valence-electron chi connectivity index (χ3n) is 2.99. The van der Waals surface area contributed by atoms with Crippen LogP contribution in [0.3, 0.4) is 0 Å². The monoisotopic (exact) mass is 236 g/mol. The van der Waals surface area contributed by atoms with Crippen molar-refractivity contribution in [1.29, 1.82) is 0 Å². The molecular formula is C13H20N2O2. The lowest BCUT2D eigenvalue weighted by Crippen LogP contribution is -2.48. The van der Waals surface area contributed by atoms with Crippen molar-refractivity contribution >= 4 is 0 Å². The lowest BCUT2D eigenvalue weighted by molar-refractivity contribution is -0.253. The fourth-order valence-corrected chi connectivity index (χ4v) is 1.75. The highest BCUT2D eigenvalue weighted by Crippen LogP contribution is 2.17. The zero-order valence-electron chi connectivity index (χ0n) is 10.7. The second-order valence-electron chi connectivity index (χ2n) is 4.90. The smallest absolute Gasteiger partial charge is 0.162 e. The van der Waals surface area contributed by atoms with Crippen molar-refractivity contribution in [3.8, 4) is 0 Å². The van der Waals surface area contributed by atoms with Gasteiger partial charge in [-0.25, -0.2) is 0 Å². The number of nitrogens with zero attached hydrogens (tertiary/aromatic N) is 1. The topological polar surface area (TPSA) is 43.4 Å². The second-order valence-corrected chi connectivity index (χ2v) is 4.90. The quantitative estimate of drug-likeness (QED) is 0.866. The molecule has 0 amide bonds. The van der Waals surface area contributed by atoms with E-state index in [9.17, 15) is 0 Å². The highest BCUT2D eigenvalue weighted by Gasteiger charge is 2.27. The zero-order chi connectivity index (χ0) is 12.3. The number of nitrogens with one attached hydrogen (secondary N) is 1. The molecule has 4 heteroatoms. The minimum absolute atomic E-state index is 0.252. The summed E-state index contributed by atoms with van der Waals surface area (Å²) >= 11 is 0. The van der Waals surface area contributed by atoms with Gasteiger partial charge >= 0.3 is 0 Å². The van der Waals surface area contributed by atoms with E-state index in [-0.39, 0.29) is 6.04 Å². The van der Waals surface area contributed by atoms with E-state index < -0.39 is 5.79 Å². The maximum atomic E-state index is 5.60. The Balaban J connectivity index is 1.82. The minimum Gasteiger partial charge on any atom is -0.349 e. The van der Waals surface area contributed by atoms with Gasteiger partial charge in [0.2, 0.25) is 0 Å². The van der Waals surface area contributed by atoms with E-state index in [2.05, 4.69) is 17.2 Å². The summed E-state index contributed by atoms with van der Waals surface area (Å²) in [6.45, 7) is 8.15. The standard InChI is InChI=1S/C13H20N2O2/c1-10-4-5-14-6-11(10)7-15-12-8-16-13(2,3)17-9-12/h4-6,12,15H,7-9H2,1-3H3. The molecule has 1 aromatic rings. The van der Waals surface area contributed by atoms with E-state index in [1.165, 1.54) is 11.1 Å². The highest BCUT2D eigenvalue weighted by molar-refractivity contribution is 5.21. The van der Waals surface area contributed by atoms with Crippen LogP contribution in [0.25, 0.3) is 0 Å². The van der Waals surface area contributed by atoms with Crippen LogP contribution in [0, 0.1) is 6.92 Å². The third-order valence-corrected chi connectivity index (χ3v) is 2.99. The molecule has 4 nitrogen and oxygen atoms in total. The van der Waals surface area contributed by atoms with E-state index in [0.29, 0.717) is 13.2 Å². The van der Waals surface area contributed by atoms with Gasteiger partial charge in [0, 0.05) is 18.9 Å². The Morgan fingerprint density at radius 3 is 2.76 bits per heavy atom. The molecule has 0 atom stereocenters. The molecule has 0 saturated carbocycles. The fourth-order valence-electron chi connectivity index (χ4n) is 1.75. The number of aromatic nitrogens is 1. The van der Waals surface area contributed by atoms with Crippen LogP contribution in [0.1, 0.15) is 25.0 Å². The van der Waals surface area contributed by atoms with Gasteiger partial charge in [-0.2, -0.15) is 0 Å². The Labute approximate surface area is 102 Å². The summed E-state index contributed by atoms with van der Waals surface area (Å²) < 4.78 is 11.2. The molecule has 1 aromatic heterocycles. The van der Waals surface area contributed by atoms with Crippen LogP contribution in [0.5, 0.6) is 0 Å². The molecule has 17 heavy (non-hydrogen) atoms. The molecule has 0 aromatic carbocycles. The van der Waals surface area contributed by atoms with Gasteiger partial charge in [0.25, 0.3) is 0 Å². The molecule has 2 heterocycles. The van der Waals surface area contributed by atoms with Crippen molar-refractivity contribution in [2.75, 3.05) is 13.2 Å². The van der Waals surface area contributed by atoms with Crippen LogP contribution in [0.2, 0.25) is 0 Å². The third kappa shape index (κ3) is 3.49. The lowest BCUT2D eigenvalue weighted by atomic mass is 10.1. The van der Waals surface area contributed by atoms with Gasteiger partial charge in [0.15, 0.2) is 5.79 Å². The Bertz CT molecular complexity index is 369. The van der Waals surface area contributed by atoms with Crippen molar-refractivity contribution in [2.45, 2.75) is 39.1 Å². The lowest BCUT2D eigenvalue weighted by Gasteiger charge is -2.35. The molecule has 1 saturated heterocycles. The Morgan fingerprint density at radius 1 is 1.41 bits per heavy atom. The summed E-state index contributed by atoms with van der Waals surface area (Å²) in [7, 11) is 0. The van der Waals surface area contributed by atoms with E-state index in [1.807, 2.05) is 32.3 Å². The molecule has 0 radical (unpaired) electrons. The van der Waals surface area contributed by atoms with Gasteiger partial charge in [-0.3, -0.25) is 4.98 Å². The van der Waals surface area contributed by atoms with Crippen molar-refractivity contribution in [2.24, 2.45) is 0 Å².